The number of nitrogens with zero attached hydrogens (tertiary/aromatic N) is 4. The van der Waals surface area contributed by atoms with Crippen LogP contribution >= 0.6 is 0 Å². The largest absolute Gasteiger partial charge is 0.369 e. The average Bonchev–Trinajstić information content (AvgIpc) is 3.21. The average molecular weight is 486 g/mol. The van der Waals surface area contributed by atoms with Crippen LogP contribution in [0.25, 0.3) is 0 Å². The highest BCUT2D eigenvalue weighted by molar-refractivity contribution is 7.89. The zero-order valence-corrected chi connectivity index (χ0v) is 20.5. The molecule has 8 nitrogen and oxygen atoms in total. The SMILES string of the molecule is Cc1ccc(NC(=O)c2cn(C)nc2S(=O)(=O)N2CCN(c3cccc(C)c3C)CC2)cc1F. The molecule has 10 heteroatoms. The Morgan fingerprint density at radius 2 is 1.74 bits per heavy atom. The molecule has 1 aliphatic rings. The molecule has 0 unspecified atom stereocenters. The summed E-state index contributed by atoms with van der Waals surface area (Å²) in [4.78, 5) is 15.1. The summed E-state index contributed by atoms with van der Waals surface area (Å²) >= 11 is 0. The van der Waals surface area contributed by atoms with Crippen LogP contribution in [0, 0.1) is 26.6 Å². The highest BCUT2D eigenvalue weighted by atomic mass is 32.2. The van der Waals surface area contributed by atoms with Crippen molar-refractivity contribution in [3.05, 3.63) is 70.7 Å². The Hall–Kier alpha value is -3.24. The molecular weight excluding hydrogens is 457 g/mol. The van der Waals surface area contributed by atoms with Crippen molar-refractivity contribution in [2.75, 3.05) is 36.4 Å². The van der Waals surface area contributed by atoms with Crippen LogP contribution < -0.4 is 10.2 Å². The molecule has 0 radical (unpaired) electrons. The maximum Gasteiger partial charge on any atom is 0.263 e. The number of nitrogens with one attached hydrogen (secondary N) is 1. The van der Waals surface area contributed by atoms with Gasteiger partial charge in [-0.15, -0.1) is 0 Å². The molecule has 0 aliphatic carbocycles. The van der Waals surface area contributed by atoms with Crippen LogP contribution in [0.1, 0.15) is 27.0 Å². The molecule has 1 aromatic heterocycles. The molecular formula is C24H28FN5O3S. The Kier molecular flexibility index (Phi) is 6.46. The molecule has 1 fully saturated rings. The van der Waals surface area contributed by atoms with E-state index in [-0.39, 0.29) is 29.4 Å². The van der Waals surface area contributed by atoms with E-state index in [0.29, 0.717) is 18.7 Å². The third-order valence-corrected chi connectivity index (χ3v) is 8.04. The second kappa shape index (κ2) is 9.19. The molecule has 34 heavy (non-hydrogen) atoms. The van der Waals surface area contributed by atoms with Crippen LogP contribution in [-0.4, -0.2) is 54.6 Å². The lowest BCUT2D eigenvalue weighted by Gasteiger charge is -2.36. The number of hydrogen-bond donors (Lipinski definition) is 1. The van der Waals surface area contributed by atoms with Gasteiger partial charge in [-0.3, -0.25) is 9.48 Å². The van der Waals surface area contributed by atoms with Gasteiger partial charge < -0.3 is 10.2 Å². The van der Waals surface area contributed by atoms with Crippen molar-refractivity contribution < 1.29 is 17.6 Å². The molecule has 4 rings (SSSR count). The molecule has 2 heterocycles. The summed E-state index contributed by atoms with van der Waals surface area (Å²) in [6.07, 6.45) is 1.36. The summed E-state index contributed by atoms with van der Waals surface area (Å²) in [7, 11) is -2.45. The first-order valence-electron chi connectivity index (χ1n) is 11.0. The van der Waals surface area contributed by atoms with Crippen LogP contribution in [0.5, 0.6) is 0 Å². The Morgan fingerprint density at radius 3 is 2.41 bits per heavy atom. The first-order valence-corrected chi connectivity index (χ1v) is 12.4. The number of benzene rings is 2. The zero-order valence-electron chi connectivity index (χ0n) is 19.7. The molecule has 1 saturated heterocycles. The predicted molar refractivity (Wildman–Crippen MR) is 129 cm³/mol. The summed E-state index contributed by atoms with van der Waals surface area (Å²) in [5, 5.41) is 6.36. The number of aryl methyl sites for hydroxylation is 3. The van der Waals surface area contributed by atoms with E-state index in [1.54, 1.807) is 26.1 Å². The summed E-state index contributed by atoms with van der Waals surface area (Å²) in [5.74, 6) is -1.12. The van der Waals surface area contributed by atoms with Crippen LogP contribution in [-0.2, 0) is 17.1 Å². The van der Waals surface area contributed by atoms with Gasteiger partial charge in [-0.05, 0) is 55.7 Å². The minimum absolute atomic E-state index is 0.0829. The normalized spacial score (nSPS) is 14.9. The van der Waals surface area contributed by atoms with Crippen LogP contribution in [0.3, 0.4) is 0 Å². The smallest absolute Gasteiger partial charge is 0.263 e. The van der Waals surface area contributed by atoms with E-state index in [1.165, 1.54) is 32.4 Å². The molecule has 0 atom stereocenters. The summed E-state index contributed by atoms with van der Waals surface area (Å²) < 4.78 is 43.4. The second-order valence-corrected chi connectivity index (χ2v) is 10.4. The molecule has 180 valence electrons. The number of halogens is 1. The monoisotopic (exact) mass is 485 g/mol. The van der Waals surface area contributed by atoms with Gasteiger partial charge in [0, 0.05) is 50.8 Å². The topological polar surface area (TPSA) is 87.5 Å². The molecule has 2 aromatic carbocycles. The third kappa shape index (κ3) is 4.55. The van der Waals surface area contributed by atoms with Crippen molar-refractivity contribution in [3.63, 3.8) is 0 Å². The van der Waals surface area contributed by atoms with E-state index in [1.807, 2.05) is 12.1 Å². The van der Waals surface area contributed by atoms with E-state index >= 15 is 0 Å². The third-order valence-electron chi connectivity index (χ3n) is 6.21. The first-order chi connectivity index (χ1) is 16.1. The number of anilines is 2. The van der Waals surface area contributed by atoms with E-state index < -0.39 is 21.7 Å². The molecule has 0 saturated carbocycles. The van der Waals surface area contributed by atoms with Gasteiger partial charge in [-0.2, -0.15) is 9.40 Å². The van der Waals surface area contributed by atoms with Gasteiger partial charge in [-0.25, -0.2) is 12.8 Å². The van der Waals surface area contributed by atoms with Gasteiger partial charge in [0.15, 0.2) is 0 Å². The number of aromatic nitrogens is 2. The minimum atomic E-state index is -4.01. The number of amides is 1. The fraction of sp³-hybridized carbons (Fsp3) is 0.333. The molecule has 3 aromatic rings. The van der Waals surface area contributed by atoms with Gasteiger partial charge >= 0.3 is 0 Å². The van der Waals surface area contributed by atoms with Crippen molar-refractivity contribution >= 4 is 27.3 Å². The summed E-state index contributed by atoms with van der Waals surface area (Å²) in [5.41, 5.74) is 4.06. The molecule has 0 bridgehead atoms. The fourth-order valence-electron chi connectivity index (χ4n) is 4.05. The number of carbonyl (C=O) groups excluding carboxylic acids is 1. The molecule has 0 spiro atoms. The lowest BCUT2D eigenvalue weighted by Crippen LogP contribution is -2.49. The van der Waals surface area contributed by atoms with Gasteiger partial charge in [-0.1, -0.05) is 18.2 Å². The molecule has 1 amide bonds. The Bertz CT molecular complexity index is 1340. The van der Waals surface area contributed by atoms with Gasteiger partial charge in [0.25, 0.3) is 15.9 Å². The maximum atomic E-state index is 13.9. The van der Waals surface area contributed by atoms with Crippen molar-refractivity contribution in [1.82, 2.24) is 14.1 Å². The van der Waals surface area contributed by atoms with Gasteiger partial charge in [0.2, 0.25) is 5.03 Å². The minimum Gasteiger partial charge on any atom is -0.369 e. The maximum absolute atomic E-state index is 13.9. The van der Waals surface area contributed by atoms with E-state index in [9.17, 15) is 17.6 Å². The number of piperazine rings is 1. The van der Waals surface area contributed by atoms with Crippen molar-refractivity contribution in [1.29, 1.82) is 0 Å². The van der Waals surface area contributed by atoms with Gasteiger partial charge in [0.1, 0.15) is 5.82 Å². The zero-order chi connectivity index (χ0) is 24.6. The first kappa shape index (κ1) is 23.9. The second-order valence-electron chi connectivity index (χ2n) is 8.55. The number of rotatable bonds is 5. The summed E-state index contributed by atoms with van der Waals surface area (Å²) in [6, 6.07) is 10.4. The van der Waals surface area contributed by atoms with Crippen molar-refractivity contribution in [2.45, 2.75) is 25.8 Å². The van der Waals surface area contributed by atoms with E-state index in [2.05, 4.69) is 35.2 Å². The highest BCUT2D eigenvalue weighted by Gasteiger charge is 2.34. The van der Waals surface area contributed by atoms with Crippen LogP contribution in [0.2, 0.25) is 0 Å². The Balaban J connectivity index is 1.53. The summed E-state index contributed by atoms with van der Waals surface area (Å²) in [6.45, 7) is 7.34. The lowest BCUT2D eigenvalue weighted by atomic mass is 10.1. The highest BCUT2D eigenvalue weighted by Crippen LogP contribution is 2.26. The lowest BCUT2D eigenvalue weighted by molar-refractivity contribution is 0.102. The number of sulfonamides is 1. The van der Waals surface area contributed by atoms with Crippen molar-refractivity contribution in [2.24, 2.45) is 7.05 Å². The quantitative estimate of drug-likeness (QED) is 0.600. The Morgan fingerprint density at radius 1 is 1.03 bits per heavy atom. The molecule has 1 aliphatic heterocycles. The van der Waals surface area contributed by atoms with E-state index in [4.69, 9.17) is 0 Å². The standard InChI is InChI=1S/C24H28FN5O3S/c1-16-6-5-7-22(18(16)3)29-10-12-30(13-11-29)34(32,33)24-20(15-28(4)27-24)23(31)26-19-9-8-17(2)21(25)14-19/h5-9,14-15H,10-13H2,1-4H3,(H,26,31). The molecule has 1 N–H and O–H groups in total. The van der Waals surface area contributed by atoms with Gasteiger partial charge in [0.05, 0.1) is 5.56 Å². The Labute approximate surface area is 199 Å². The number of hydrogen-bond acceptors (Lipinski definition) is 5. The van der Waals surface area contributed by atoms with Crippen LogP contribution in [0.15, 0.2) is 47.6 Å². The fourth-order valence-corrected chi connectivity index (χ4v) is 5.60. The van der Waals surface area contributed by atoms with Crippen LogP contribution in [0.4, 0.5) is 15.8 Å². The predicted octanol–water partition coefficient (Wildman–Crippen LogP) is 3.25. The van der Waals surface area contributed by atoms with E-state index in [0.717, 1.165) is 5.69 Å². The van der Waals surface area contributed by atoms with Crippen molar-refractivity contribution in [3.8, 4) is 0 Å². The number of carbonyl (C=O) groups is 1.